The smallest absolute Gasteiger partial charge is 0.192 e. The van der Waals surface area contributed by atoms with Gasteiger partial charge in [-0.25, -0.2) is 0 Å². The molecule has 3 nitrogen and oxygen atoms in total. The van der Waals surface area contributed by atoms with E-state index in [0.717, 1.165) is 0 Å². The summed E-state index contributed by atoms with van der Waals surface area (Å²) < 4.78 is 5.66. The molecule has 0 saturated carbocycles. The number of rotatable bonds is 3. The first-order chi connectivity index (χ1) is 5.70. The first-order valence-corrected chi connectivity index (χ1v) is 7.50. The van der Waals surface area contributed by atoms with Gasteiger partial charge in [0.15, 0.2) is 13.5 Å². The molecule has 0 aromatic rings. The molecule has 0 unspecified atom stereocenters. The summed E-state index contributed by atoms with van der Waals surface area (Å²) >= 11 is 5.52. The molecule has 78 valence electrons. The van der Waals surface area contributed by atoms with Crippen LogP contribution in [0, 0.1) is 0 Å². The standard InChI is InChI=1S/C8H18ClNO2Si/c1-8(2,3)13(4,5)12-6-7(9)10-11/h11H,6H2,1-5H3/b10-7+. The van der Waals surface area contributed by atoms with Gasteiger partial charge in [0.25, 0.3) is 0 Å². The molecule has 5 heteroatoms. The molecule has 0 saturated heterocycles. The first-order valence-electron chi connectivity index (χ1n) is 4.21. The first kappa shape index (κ1) is 12.9. The van der Waals surface area contributed by atoms with E-state index in [1.165, 1.54) is 0 Å². The Hall–Kier alpha value is -0.0631. The molecule has 0 aromatic heterocycles. The van der Waals surface area contributed by atoms with Crippen LogP contribution in [0.3, 0.4) is 0 Å². The van der Waals surface area contributed by atoms with Gasteiger partial charge in [0.2, 0.25) is 0 Å². The minimum atomic E-state index is -1.76. The van der Waals surface area contributed by atoms with E-state index in [4.69, 9.17) is 21.2 Å². The van der Waals surface area contributed by atoms with Gasteiger partial charge < -0.3 is 9.63 Å². The average Bonchev–Trinajstić information content (AvgIpc) is 1.98. The van der Waals surface area contributed by atoms with Gasteiger partial charge in [0.1, 0.15) is 0 Å². The van der Waals surface area contributed by atoms with Gasteiger partial charge in [-0.05, 0) is 18.1 Å². The third-order valence-electron chi connectivity index (χ3n) is 2.47. The molecular weight excluding hydrogens is 206 g/mol. The van der Waals surface area contributed by atoms with Gasteiger partial charge in [-0.3, -0.25) is 0 Å². The van der Waals surface area contributed by atoms with Crippen LogP contribution in [0.2, 0.25) is 18.1 Å². The molecule has 0 amide bonds. The fourth-order valence-electron chi connectivity index (χ4n) is 0.485. The topological polar surface area (TPSA) is 41.8 Å². The van der Waals surface area contributed by atoms with Crippen molar-refractivity contribution in [2.24, 2.45) is 5.16 Å². The second kappa shape index (κ2) is 4.44. The molecule has 0 spiro atoms. The molecule has 1 N–H and O–H groups in total. The van der Waals surface area contributed by atoms with Crippen molar-refractivity contribution >= 4 is 25.1 Å². The normalized spacial score (nSPS) is 14.8. The molecule has 0 aliphatic rings. The van der Waals surface area contributed by atoms with E-state index in [0.29, 0.717) is 0 Å². The van der Waals surface area contributed by atoms with Crippen molar-refractivity contribution in [3.8, 4) is 0 Å². The van der Waals surface area contributed by atoms with E-state index in [-0.39, 0.29) is 16.8 Å². The average molecular weight is 224 g/mol. The molecule has 0 atom stereocenters. The Balaban J connectivity index is 4.20. The number of oxime groups is 1. The van der Waals surface area contributed by atoms with Crippen LogP contribution in [0.5, 0.6) is 0 Å². The molecule has 0 fully saturated rings. The maximum absolute atomic E-state index is 8.33. The van der Waals surface area contributed by atoms with E-state index in [1.807, 2.05) is 0 Å². The van der Waals surface area contributed by atoms with Gasteiger partial charge in [-0.2, -0.15) is 0 Å². The highest BCUT2D eigenvalue weighted by molar-refractivity contribution is 6.74. The van der Waals surface area contributed by atoms with Crippen molar-refractivity contribution in [3.63, 3.8) is 0 Å². The van der Waals surface area contributed by atoms with Crippen molar-refractivity contribution in [2.75, 3.05) is 6.61 Å². The molecule has 0 rings (SSSR count). The second-order valence-electron chi connectivity index (χ2n) is 4.53. The third-order valence-corrected chi connectivity index (χ3v) is 7.13. The van der Waals surface area contributed by atoms with Crippen molar-refractivity contribution in [1.29, 1.82) is 0 Å². The molecule has 0 aliphatic carbocycles. The minimum Gasteiger partial charge on any atom is -0.410 e. The summed E-state index contributed by atoms with van der Waals surface area (Å²) in [6.07, 6.45) is 0. The largest absolute Gasteiger partial charge is 0.410 e. The van der Waals surface area contributed by atoms with Crippen LogP contribution < -0.4 is 0 Å². The monoisotopic (exact) mass is 223 g/mol. The summed E-state index contributed by atoms with van der Waals surface area (Å²) in [6.45, 7) is 10.9. The zero-order valence-electron chi connectivity index (χ0n) is 8.89. The Morgan fingerprint density at radius 2 is 1.92 bits per heavy atom. The quantitative estimate of drug-likeness (QED) is 0.346. The summed E-state index contributed by atoms with van der Waals surface area (Å²) in [5, 5.41) is 11.4. The lowest BCUT2D eigenvalue weighted by molar-refractivity contribution is 0.303. The minimum absolute atomic E-state index is 0.102. The van der Waals surface area contributed by atoms with Crippen LogP contribution in [0.25, 0.3) is 0 Å². The van der Waals surface area contributed by atoms with Crippen molar-refractivity contribution in [2.45, 2.75) is 38.9 Å². The lowest BCUT2D eigenvalue weighted by atomic mass is 10.2. The maximum atomic E-state index is 8.33. The highest BCUT2D eigenvalue weighted by Crippen LogP contribution is 2.36. The molecule has 0 aliphatic heterocycles. The van der Waals surface area contributed by atoms with E-state index >= 15 is 0 Å². The van der Waals surface area contributed by atoms with Crippen LogP contribution in [0.4, 0.5) is 0 Å². The SMILES string of the molecule is CC(C)(C)[Si](C)(C)OC/C(Cl)=N\O. The predicted octanol–water partition coefficient (Wildman–Crippen LogP) is 3.03. The highest BCUT2D eigenvalue weighted by atomic mass is 35.5. The van der Waals surface area contributed by atoms with Gasteiger partial charge in [0.05, 0.1) is 6.61 Å². The van der Waals surface area contributed by atoms with E-state index < -0.39 is 8.32 Å². The van der Waals surface area contributed by atoms with Crippen LogP contribution in [-0.4, -0.2) is 25.3 Å². The summed E-state index contributed by atoms with van der Waals surface area (Å²) in [5.41, 5.74) is 0. The zero-order valence-corrected chi connectivity index (χ0v) is 10.6. The maximum Gasteiger partial charge on any atom is 0.192 e. The number of halogens is 1. The Labute approximate surface area is 85.9 Å². The highest BCUT2D eigenvalue weighted by Gasteiger charge is 2.37. The summed E-state index contributed by atoms with van der Waals surface area (Å²) in [7, 11) is -1.76. The lowest BCUT2D eigenvalue weighted by Crippen LogP contribution is -2.41. The fraction of sp³-hybridized carbons (Fsp3) is 0.875. The Morgan fingerprint density at radius 1 is 1.46 bits per heavy atom. The zero-order chi connectivity index (χ0) is 10.7. The van der Waals surface area contributed by atoms with E-state index in [9.17, 15) is 0 Å². The van der Waals surface area contributed by atoms with Crippen molar-refractivity contribution in [1.82, 2.24) is 0 Å². The number of hydrogen-bond acceptors (Lipinski definition) is 3. The predicted molar refractivity (Wildman–Crippen MR) is 58.2 cm³/mol. The van der Waals surface area contributed by atoms with Gasteiger partial charge in [-0.15, -0.1) is 0 Å². The molecule has 0 aromatic carbocycles. The van der Waals surface area contributed by atoms with Crippen LogP contribution in [0.1, 0.15) is 20.8 Å². The summed E-state index contributed by atoms with van der Waals surface area (Å²) in [6, 6.07) is 0. The Bertz CT molecular complexity index is 199. The van der Waals surface area contributed by atoms with E-state index in [1.54, 1.807) is 0 Å². The molecular formula is C8H18ClNO2Si. The fourth-order valence-corrected chi connectivity index (χ4v) is 1.56. The van der Waals surface area contributed by atoms with Crippen molar-refractivity contribution in [3.05, 3.63) is 0 Å². The van der Waals surface area contributed by atoms with Crippen LogP contribution in [0.15, 0.2) is 5.16 Å². The van der Waals surface area contributed by atoms with Crippen LogP contribution >= 0.6 is 11.6 Å². The van der Waals surface area contributed by atoms with Gasteiger partial charge >= 0.3 is 0 Å². The Morgan fingerprint density at radius 3 is 2.23 bits per heavy atom. The second-order valence-corrected chi connectivity index (χ2v) is 9.77. The Kier molecular flexibility index (Phi) is 4.42. The molecule has 0 bridgehead atoms. The van der Waals surface area contributed by atoms with Crippen LogP contribution in [-0.2, 0) is 4.43 Å². The summed E-state index contributed by atoms with van der Waals surface area (Å²) in [4.78, 5) is 0. The molecule has 13 heavy (non-hydrogen) atoms. The van der Waals surface area contributed by atoms with Gasteiger partial charge in [-0.1, -0.05) is 37.5 Å². The van der Waals surface area contributed by atoms with Crippen molar-refractivity contribution < 1.29 is 9.63 Å². The number of hydrogen-bond donors (Lipinski definition) is 1. The lowest BCUT2D eigenvalue weighted by Gasteiger charge is -2.35. The van der Waals surface area contributed by atoms with Gasteiger partial charge in [0, 0.05) is 0 Å². The van der Waals surface area contributed by atoms with E-state index in [2.05, 4.69) is 39.0 Å². The number of nitrogens with zero attached hydrogens (tertiary/aromatic N) is 1. The molecule has 0 radical (unpaired) electrons. The molecule has 0 heterocycles. The summed E-state index contributed by atoms with van der Waals surface area (Å²) in [5.74, 6) is 0. The third kappa shape index (κ3) is 4.11.